The van der Waals surface area contributed by atoms with Crippen molar-refractivity contribution in [3.8, 4) is 0 Å². The Kier molecular flexibility index (Phi) is 1.56. The van der Waals surface area contributed by atoms with Gasteiger partial charge in [0.1, 0.15) is 5.72 Å². The van der Waals surface area contributed by atoms with Gasteiger partial charge in [-0.25, -0.2) is 0 Å². The van der Waals surface area contributed by atoms with Gasteiger partial charge in [0.05, 0.1) is 12.0 Å². The third-order valence-electron chi connectivity index (χ3n) is 4.00. The van der Waals surface area contributed by atoms with E-state index < -0.39 is 5.72 Å². The van der Waals surface area contributed by atoms with Crippen LogP contribution in [0.5, 0.6) is 0 Å². The summed E-state index contributed by atoms with van der Waals surface area (Å²) in [5.41, 5.74) is -0.456. The molecule has 3 nitrogen and oxygen atoms in total. The van der Waals surface area contributed by atoms with Gasteiger partial charge in [-0.15, -0.1) is 0 Å². The maximum Gasteiger partial charge on any atom is 0.228 e. The molecule has 1 heterocycles. The Morgan fingerprint density at radius 2 is 2.07 bits per heavy atom. The molecule has 0 spiro atoms. The predicted molar refractivity (Wildman–Crippen MR) is 51.4 cm³/mol. The number of ether oxygens (including phenoxy) is 1. The minimum Gasteiger partial charge on any atom is -0.352 e. The first-order chi connectivity index (χ1) is 6.57. The van der Waals surface area contributed by atoms with Gasteiger partial charge in [-0.05, 0) is 44.9 Å². The van der Waals surface area contributed by atoms with E-state index in [2.05, 4.69) is 5.32 Å². The van der Waals surface area contributed by atoms with Gasteiger partial charge in [-0.1, -0.05) is 0 Å². The Morgan fingerprint density at radius 3 is 2.86 bits per heavy atom. The minimum atomic E-state index is -0.456. The van der Waals surface area contributed by atoms with Crippen molar-refractivity contribution in [2.24, 2.45) is 17.8 Å². The van der Waals surface area contributed by atoms with Crippen molar-refractivity contribution in [1.82, 2.24) is 5.32 Å². The van der Waals surface area contributed by atoms with Crippen LogP contribution in [0.15, 0.2) is 0 Å². The van der Waals surface area contributed by atoms with Crippen molar-refractivity contribution in [3.63, 3.8) is 0 Å². The molecule has 3 rings (SSSR count). The Balaban J connectivity index is 1.90. The van der Waals surface area contributed by atoms with Crippen molar-refractivity contribution in [3.05, 3.63) is 0 Å². The molecule has 2 aliphatic carbocycles. The van der Waals surface area contributed by atoms with E-state index in [1.807, 2.05) is 13.8 Å². The number of amides is 1. The van der Waals surface area contributed by atoms with Crippen LogP contribution in [0.1, 0.15) is 33.1 Å². The second-order valence-corrected chi connectivity index (χ2v) is 5.44. The monoisotopic (exact) mass is 195 g/mol. The number of hydrogen-bond acceptors (Lipinski definition) is 2. The molecule has 1 saturated heterocycles. The van der Waals surface area contributed by atoms with Crippen LogP contribution in [0, 0.1) is 17.8 Å². The lowest BCUT2D eigenvalue weighted by atomic mass is 9.84. The van der Waals surface area contributed by atoms with Crippen molar-refractivity contribution in [2.45, 2.75) is 44.9 Å². The summed E-state index contributed by atoms with van der Waals surface area (Å²) in [6, 6.07) is 0. The van der Waals surface area contributed by atoms with E-state index in [-0.39, 0.29) is 17.9 Å². The van der Waals surface area contributed by atoms with Gasteiger partial charge in [0.25, 0.3) is 0 Å². The molecule has 0 unspecified atom stereocenters. The molecule has 4 atom stereocenters. The Labute approximate surface area is 84.2 Å². The fraction of sp³-hybridized carbons (Fsp3) is 0.909. The highest BCUT2D eigenvalue weighted by Crippen LogP contribution is 2.52. The molecule has 3 fully saturated rings. The van der Waals surface area contributed by atoms with Gasteiger partial charge in [0.15, 0.2) is 0 Å². The molecule has 0 aromatic rings. The highest BCUT2D eigenvalue weighted by atomic mass is 16.5. The van der Waals surface area contributed by atoms with E-state index in [4.69, 9.17) is 4.74 Å². The third-order valence-corrected chi connectivity index (χ3v) is 4.00. The van der Waals surface area contributed by atoms with Gasteiger partial charge in [-0.2, -0.15) is 0 Å². The van der Waals surface area contributed by atoms with Gasteiger partial charge in [0, 0.05) is 0 Å². The topological polar surface area (TPSA) is 38.3 Å². The summed E-state index contributed by atoms with van der Waals surface area (Å²) in [5.74, 6) is 1.62. The Hall–Kier alpha value is -0.570. The maximum absolute atomic E-state index is 11.9. The van der Waals surface area contributed by atoms with Crippen molar-refractivity contribution in [1.29, 1.82) is 0 Å². The summed E-state index contributed by atoms with van der Waals surface area (Å²) in [5, 5.41) is 2.95. The molecular weight excluding hydrogens is 178 g/mol. The van der Waals surface area contributed by atoms with Gasteiger partial charge in [-0.3, -0.25) is 4.79 Å². The quantitative estimate of drug-likeness (QED) is 0.632. The SMILES string of the molecule is CC1(C)NC(=O)[C@H]2[C@@H]3CC[C@@H](C3)[C@H]2O1. The number of rotatable bonds is 0. The van der Waals surface area contributed by atoms with Gasteiger partial charge >= 0.3 is 0 Å². The first-order valence-corrected chi connectivity index (χ1v) is 5.57. The average Bonchev–Trinajstić information content (AvgIpc) is 2.59. The summed E-state index contributed by atoms with van der Waals surface area (Å²) >= 11 is 0. The largest absolute Gasteiger partial charge is 0.352 e. The Morgan fingerprint density at radius 1 is 1.36 bits per heavy atom. The summed E-state index contributed by atoms with van der Waals surface area (Å²) in [6.07, 6.45) is 3.90. The van der Waals surface area contributed by atoms with Gasteiger partial charge < -0.3 is 10.1 Å². The average molecular weight is 195 g/mol. The van der Waals surface area contributed by atoms with Crippen LogP contribution in [0.3, 0.4) is 0 Å². The molecule has 0 aromatic carbocycles. The molecule has 2 bridgehead atoms. The molecule has 3 aliphatic rings. The summed E-state index contributed by atoms with van der Waals surface area (Å²) in [4.78, 5) is 11.9. The molecule has 2 saturated carbocycles. The molecule has 1 aliphatic heterocycles. The normalized spacial score (nSPS) is 48.9. The molecule has 78 valence electrons. The van der Waals surface area contributed by atoms with Crippen LogP contribution in [0.2, 0.25) is 0 Å². The van der Waals surface area contributed by atoms with E-state index in [0.717, 1.165) is 0 Å². The van der Waals surface area contributed by atoms with Crippen LogP contribution < -0.4 is 5.32 Å². The van der Waals surface area contributed by atoms with Gasteiger partial charge in [0.2, 0.25) is 5.91 Å². The fourth-order valence-electron chi connectivity index (χ4n) is 3.52. The first-order valence-electron chi connectivity index (χ1n) is 5.57. The minimum absolute atomic E-state index is 0.154. The lowest BCUT2D eigenvalue weighted by Crippen LogP contribution is -2.59. The maximum atomic E-state index is 11.9. The number of hydrogen-bond donors (Lipinski definition) is 1. The zero-order valence-electron chi connectivity index (χ0n) is 8.75. The number of fused-ring (bicyclic) bond motifs is 5. The molecule has 14 heavy (non-hydrogen) atoms. The summed E-state index contributed by atoms with van der Waals surface area (Å²) in [7, 11) is 0. The van der Waals surface area contributed by atoms with E-state index in [1.54, 1.807) is 0 Å². The molecule has 3 heteroatoms. The highest BCUT2D eigenvalue weighted by molar-refractivity contribution is 5.81. The predicted octanol–water partition coefficient (Wildman–Crippen LogP) is 1.28. The standard InChI is InChI=1S/C11H17NO2/c1-11(2)12-10(13)8-6-3-4-7(5-6)9(8)14-11/h6-9H,3-5H2,1-2H3,(H,12,13)/t6-,7+,8+,9-/m1/s1. The molecule has 0 radical (unpaired) electrons. The van der Waals surface area contributed by atoms with E-state index in [1.165, 1.54) is 19.3 Å². The second-order valence-electron chi connectivity index (χ2n) is 5.44. The van der Waals surface area contributed by atoms with E-state index in [9.17, 15) is 4.79 Å². The smallest absolute Gasteiger partial charge is 0.228 e. The molecule has 0 aromatic heterocycles. The Bertz CT molecular complexity index is 287. The van der Waals surface area contributed by atoms with Crippen LogP contribution in [0.25, 0.3) is 0 Å². The molecular formula is C11H17NO2. The third kappa shape index (κ3) is 1.05. The van der Waals surface area contributed by atoms with Crippen LogP contribution in [-0.4, -0.2) is 17.7 Å². The number of carbonyl (C=O) groups excluding carboxylic acids is 1. The first kappa shape index (κ1) is 8.72. The van der Waals surface area contributed by atoms with Crippen LogP contribution in [0.4, 0.5) is 0 Å². The molecule has 1 N–H and O–H groups in total. The van der Waals surface area contributed by atoms with E-state index >= 15 is 0 Å². The second kappa shape index (κ2) is 2.51. The van der Waals surface area contributed by atoms with Crippen molar-refractivity contribution in [2.75, 3.05) is 0 Å². The lowest BCUT2D eigenvalue weighted by Gasteiger charge is -2.43. The van der Waals surface area contributed by atoms with Crippen LogP contribution >= 0.6 is 0 Å². The molecule has 1 amide bonds. The van der Waals surface area contributed by atoms with Crippen LogP contribution in [-0.2, 0) is 9.53 Å². The summed E-state index contributed by atoms with van der Waals surface area (Å²) in [6.45, 7) is 3.88. The highest BCUT2D eigenvalue weighted by Gasteiger charge is 2.55. The lowest BCUT2D eigenvalue weighted by molar-refractivity contribution is -0.180. The summed E-state index contributed by atoms with van der Waals surface area (Å²) < 4.78 is 5.97. The zero-order valence-corrected chi connectivity index (χ0v) is 8.75. The zero-order chi connectivity index (χ0) is 9.92. The van der Waals surface area contributed by atoms with Crippen molar-refractivity contribution < 1.29 is 9.53 Å². The number of nitrogens with one attached hydrogen (secondary N) is 1. The number of carbonyl (C=O) groups is 1. The van der Waals surface area contributed by atoms with Crippen molar-refractivity contribution >= 4 is 5.91 Å². The fourth-order valence-corrected chi connectivity index (χ4v) is 3.52. The van der Waals surface area contributed by atoms with E-state index in [0.29, 0.717) is 11.8 Å².